The number of nitrogens with zero attached hydrogens (tertiary/aromatic N) is 2. The van der Waals surface area contributed by atoms with Crippen LogP contribution in [0.4, 0.5) is 10.1 Å². The number of amides is 1. The van der Waals surface area contributed by atoms with Gasteiger partial charge in [0.1, 0.15) is 5.82 Å². The Morgan fingerprint density at radius 2 is 2.00 bits per heavy atom. The highest BCUT2D eigenvalue weighted by atomic mass is 35.5. The molecule has 1 spiro atoms. The summed E-state index contributed by atoms with van der Waals surface area (Å²) < 4.78 is 20.9. The molecule has 2 atom stereocenters. The Morgan fingerprint density at radius 3 is 2.74 bits per heavy atom. The molecule has 9 heteroatoms. The minimum Gasteiger partial charge on any atom is -0.461 e. The Morgan fingerprint density at radius 1 is 1.24 bits per heavy atom. The van der Waals surface area contributed by atoms with E-state index in [2.05, 4.69) is 5.32 Å². The minimum absolute atomic E-state index is 0.00783. The molecule has 3 aliphatic rings. The van der Waals surface area contributed by atoms with Gasteiger partial charge in [-0.15, -0.1) is 0 Å². The van der Waals surface area contributed by atoms with Crippen LogP contribution in [0.2, 0.25) is 10.0 Å². The van der Waals surface area contributed by atoms with E-state index in [1.54, 1.807) is 42.3 Å². The highest BCUT2D eigenvalue weighted by Gasteiger charge is 2.65. The molecule has 2 heterocycles. The lowest BCUT2D eigenvalue weighted by molar-refractivity contribution is -0.135. The Bertz CT molecular complexity index is 1200. The molecule has 2 aromatic carbocycles. The third kappa shape index (κ3) is 3.40. The van der Waals surface area contributed by atoms with Gasteiger partial charge in [0.2, 0.25) is 0 Å². The normalized spacial score (nSPS) is 24.2. The number of anilines is 1. The van der Waals surface area contributed by atoms with Crippen molar-refractivity contribution in [3.63, 3.8) is 0 Å². The molecule has 0 bridgehead atoms. The van der Waals surface area contributed by atoms with Crippen molar-refractivity contribution in [2.24, 2.45) is 5.10 Å². The summed E-state index contributed by atoms with van der Waals surface area (Å²) in [5, 5.41) is 9.75. The zero-order valence-electron chi connectivity index (χ0n) is 18.6. The lowest BCUT2D eigenvalue weighted by Gasteiger charge is -2.42. The predicted molar refractivity (Wildman–Crippen MR) is 129 cm³/mol. The van der Waals surface area contributed by atoms with Crippen LogP contribution in [-0.4, -0.2) is 35.2 Å². The van der Waals surface area contributed by atoms with E-state index >= 15 is 4.39 Å². The molecule has 0 aromatic heterocycles. The molecule has 1 fully saturated rings. The van der Waals surface area contributed by atoms with Gasteiger partial charge in [0.25, 0.3) is 5.91 Å². The van der Waals surface area contributed by atoms with E-state index in [-0.39, 0.29) is 34.9 Å². The molecule has 5 rings (SSSR count). The highest BCUT2D eigenvalue weighted by Crippen LogP contribution is 2.56. The second-order valence-corrected chi connectivity index (χ2v) is 9.67. The maximum atomic E-state index is 15.5. The van der Waals surface area contributed by atoms with Gasteiger partial charge in [0, 0.05) is 27.9 Å². The summed E-state index contributed by atoms with van der Waals surface area (Å²) in [6.07, 6.45) is 4.67. The molecule has 1 aliphatic carbocycles. The molecule has 1 amide bonds. The summed E-state index contributed by atoms with van der Waals surface area (Å²) >= 11 is 12.4. The van der Waals surface area contributed by atoms with E-state index in [1.165, 1.54) is 6.07 Å². The van der Waals surface area contributed by atoms with Gasteiger partial charge < -0.3 is 10.1 Å². The Balaban J connectivity index is 1.80. The zero-order chi connectivity index (χ0) is 24.0. The number of hydrogen-bond donors (Lipinski definition) is 1. The summed E-state index contributed by atoms with van der Waals surface area (Å²) in [5.41, 5.74) is -0.247. The molecule has 0 radical (unpaired) electrons. The molecule has 2 aromatic rings. The van der Waals surface area contributed by atoms with Crippen molar-refractivity contribution in [2.75, 3.05) is 11.9 Å². The minimum atomic E-state index is -1.48. The maximum Gasteiger partial charge on any atom is 0.355 e. The van der Waals surface area contributed by atoms with E-state index in [1.807, 2.05) is 0 Å². The Hall–Kier alpha value is -2.64. The van der Waals surface area contributed by atoms with Gasteiger partial charge in [-0.05, 0) is 38.0 Å². The number of nitrogens with one attached hydrogen (secondary N) is 1. The number of halogens is 3. The number of carbonyl (C=O) groups is 2. The van der Waals surface area contributed by atoms with Gasteiger partial charge in [-0.1, -0.05) is 60.7 Å². The van der Waals surface area contributed by atoms with Crippen molar-refractivity contribution in [1.29, 1.82) is 0 Å². The van der Waals surface area contributed by atoms with Crippen LogP contribution >= 0.6 is 23.2 Å². The molecular weight excluding hydrogens is 480 g/mol. The topological polar surface area (TPSA) is 71.0 Å². The third-order valence-corrected chi connectivity index (χ3v) is 7.48. The van der Waals surface area contributed by atoms with Crippen LogP contribution in [0, 0.1) is 5.82 Å². The average Bonchev–Trinajstić information content (AvgIpc) is 3.32. The number of benzene rings is 2. The average molecular weight is 504 g/mol. The van der Waals surface area contributed by atoms with Crippen LogP contribution in [0.1, 0.15) is 56.1 Å². The number of carbonyl (C=O) groups excluding carboxylic acids is 2. The largest absolute Gasteiger partial charge is 0.461 e. The van der Waals surface area contributed by atoms with Crippen molar-refractivity contribution in [3.05, 3.63) is 63.4 Å². The van der Waals surface area contributed by atoms with Crippen molar-refractivity contribution < 1.29 is 18.7 Å². The molecule has 0 saturated heterocycles. The van der Waals surface area contributed by atoms with Crippen molar-refractivity contribution in [3.8, 4) is 0 Å². The second kappa shape index (κ2) is 8.86. The predicted octanol–water partition coefficient (Wildman–Crippen LogP) is 5.63. The second-order valence-electron chi connectivity index (χ2n) is 8.83. The van der Waals surface area contributed by atoms with Crippen LogP contribution < -0.4 is 5.32 Å². The fourth-order valence-electron chi connectivity index (χ4n) is 5.56. The Kier molecular flexibility index (Phi) is 6.02. The van der Waals surface area contributed by atoms with E-state index in [0.29, 0.717) is 16.3 Å². The molecule has 1 N–H and O–H groups in total. The first-order chi connectivity index (χ1) is 16.4. The first-order valence-corrected chi connectivity index (χ1v) is 12.3. The number of esters is 1. The fourth-order valence-corrected chi connectivity index (χ4v) is 5.92. The van der Waals surface area contributed by atoms with Gasteiger partial charge >= 0.3 is 5.97 Å². The van der Waals surface area contributed by atoms with Gasteiger partial charge in [-0.3, -0.25) is 9.80 Å². The number of hydrogen-bond acceptors (Lipinski definition) is 5. The van der Waals surface area contributed by atoms with Gasteiger partial charge in [0.15, 0.2) is 11.3 Å². The molecule has 1 saturated carbocycles. The highest BCUT2D eigenvalue weighted by molar-refractivity contribution is 6.41. The third-order valence-electron chi connectivity index (χ3n) is 6.95. The Labute approximate surface area is 207 Å². The SMILES string of the molecule is CCOC(=O)C1=NN(C2CCCCC2)[C@]2(C(=O)Nc3cc(Cl)ccc32)[C@H]1c1cccc(Cl)c1F. The first-order valence-electron chi connectivity index (χ1n) is 11.5. The van der Waals surface area contributed by atoms with E-state index in [4.69, 9.17) is 33.0 Å². The van der Waals surface area contributed by atoms with Crippen LogP contribution in [0.3, 0.4) is 0 Å². The summed E-state index contributed by atoms with van der Waals surface area (Å²) in [6.45, 7) is 1.81. The lowest BCUT2D eigenvalue weighted by Crippen LogP contribution is -2.54. The zero-order valence-corrected chi connectivity index (χ0v) is 20.1. The standard InChI is InChI=1S/C25H24Cl2FN3O3/c1-2-34-23(32)22-20(16-9-6-10-18(27)21(16)28)25(31(30-22)15-7-4-3-5-8-15)17-12-11-14(26)13-19(17)29-24(25)33/h6,9-13,15,20H,2-5,7-8H2,1H3,(H,29,33)/t20-,25-/m0/s1. The molecule has 6 nitrogen and oxygen atoms in total. The van der Waals surface area contributed by atoms with Gasteiger partial charge in [-0.2, -0.15) is 5.10 Å². The lowest BCUT2D eigenvalue weighted by atomic mass is 9.72. The summed E-state index contributed by atoms with van der Waals surface area (Å²) in [7, 11) is 0. The van der Waals surface area contributed by atoms with Crippen LogP contribution in [0.5, 0.6) is 0 Å². The van der Waals surface area contributed by atoms with Crippen molar-refractivity contribution in [2.45, 2.75) is 56.5 Å². The van der Waals surface area contributed by atoms with Gasteiger partial charge in [-0.25, -0.2) is 9.18 Å². The van der Waals surface area contributed by atoms with Crippen LogP contribution in [0.25, 0.3) is 0 Å². The molecule has 2 aliphatic heterocycles. The molecule has 178 valence electrons. The molecule has 34 heavy (non-hydrogen) atoms. The van der Waals surface area contributed by atoms with Crippen molar-refractivity contribution in [1.82, 2.24) is 5.01 Å². The number of ether oxygens (including phenoxy) is 1. The monoisotopic (exact) mass is 503 g/mol. The summed E-state index contributed by atoms with van der Waals surface area (Å²) in [5.74, 6) is -2.82. The van der Waals surface area contributed by atoms with Crippen LogP contribution in [0.15, 0.2) is 41.5 Å². The van der Waals surface area contributed by atoms with Gasteiger partial charge in [0.05, 0.1) is 17.5 Å². The van der Waals surface area contributed by atoms with E-state index in [9.17, 15) is 9.59 Å². The van der Waals surface area contributed by atoms with Crippen molar-refractivity contribution >= 4 is 46.5 Å². The molecule has 0 unspecified atom stereocenters. The summed E-state index contributed by atoms with van der Waals surface area (Å²) in [4.78, 5) is 27.1. The van der Waals surface area contributed by atoms with E-state index < -0.39 is 23.2 Å². The number of rotatable bonds is 4. The fraction of sp³-hybridized carbons (Fsp3) is 0.400. The molecular formula is C25H24Cl2FN3O3. The number of hydrazone groups is 1. The smallest absolute Gasteiger partial charge is 0.355 e. The maximum absolute atomic E-state index is 15.5. The van der Waals surface area contributed by atoms with E-state index in [0.717, 1.165) is 32.1 Å². The van der Waals surface area contributed by atoms with Crippen LogP contribution in [-0.2, 0) is 19.9 Å². The quantitative estimate of drug-likeness (QED) is 0.548. The first kappa shape index (κ1) is 23.1. The summed E-state index contributed by atoms with van der Waals surface area (Å²) in [6, 6.07) is 9.60. The number of fused-ring (bicyclic) bond motifs is 2.